The predicted molar refractivity (Wildman–Crippen MR) is 86.8 cm³/mol. The van der Waals surface area contributed by atoms with Gasteiger partial charge in [0.1, 0.15) is 5.82 Å². The van der Waals surface area contributed by atoms with Crippen LogP contribution < -0.4 is 0 Å². The van der Waals surface area contributed by atoms with Crippen LogP contribution in [0.1, 0.15) is 11.1 Å². The first kappa shape index (κ1) is 16.2. The summed E-state index contributed by atoms with van der Waals surface area (Å²) < 4.78 is 15.4. The molecule has 0 radical (unpaired) electrons. The van der Waals surface area contributed by atoms with Crippen molar-refractivity contribution < 1.29 is 14.3 Å². The molecule has 21 heavy (non-hydrogen) atoms. The molecule has 110 valence electrons. The Balaban J connectivity index is 2.18. The number of hydrogen-bond donors (Lipinski definition) is 1. The van der Waals surface area contributed by atoms with E-state index < -0.39 is 11.9 Å². The van der Waals surface area contributed by atoms with Crippen molar-refractivity contribution in [2.45, 2.75) is 12.8 Å². The summed E-state index contributed by atoms with van der Waals surface area (Å²) in [7, 11) is 0. The fourth-order valence-electron chi connectivity index (χ4n) is 2.15. The van der Waals surface area contributed by atoms with Gasteiger partial charge in [-0.2, -0.15) is 0 Å². The monoisotopic (exact) mass is 414 g/mol. The van der Waals surface area contributed by atoms with Crippen LogP contribution in [0.2, 0.25) is 0 Å². The van der Waals surface area contributed by atoms with Crippen LogP contribution in [-0.2, 0) is 17.6 Å². The van der Waals surface area contributed by atoms with E-state index in [1.807, 2.05) is 24.3 Å². The maximum absolute atomic E-state index is 13.8. The van der Waals surface area contributed by atoms with E-state index in [1.54, 1.807) is 12.1 Å². The lowest BCUT2D eigenvalue weighted by Gasteiger charge is -2.13. The van der Waals surface area contributed by atoms with E-state index in [0.717, 1.165) is 10.0 Å². The molecular weight excluding hydrogens is 403 g/mol. The second-order valence-electron chi connectivity index (χ2n) is 4.81. The number of carboxylic acid groups (broad SMARTS) is 1. The molecule has 0 aliphatic rings. The highest BCUT2D eigenvalue weighted by Crippen LogP contribution is 2.22. The number of benzene rings is 2. The number of halogens is 3. The maximum atomic E-state index is 13.8. The lowest BCUT2D eigenvalue weighted by Crippen LogP contribution is -2.19. The first-order chi connectivity index (χ1) is 9.95. The number of carboxylic acids is 1. The van der Waals surface area contributed by atoms with E-state index in [0.29, 0.717) is 16.5 Å². The Labute approximate surface area is 139 Å². The van der Waals surface area contributed by atoms with Crippen molar-refractivity contribution >= 4 is 37.8 Å². The number of carbonyl (C=O) groups is 1. The minimum Gasteiger partial charge on any atom is -0.481 e. The zero-order valence-electron chi connectivity index (χ0n) is 11.0. The molecule has 0 saturated heterocycles. The van der Waals surface area contributed by atoms with E-state index >= 15 is 0 Å². The average Bonchev–Trinajstić information content (AvgIpc) is 2.40. The molecule has 0 saturated carbocycles. The topological polar surface area (TPSA) is 37.3 Å². The molecule has 0 spiro atoms. The largest absolute Gasteiger partial charge is 0.481 e. The van der Waals surface area contributed by atoms with E-state index in [2.05, 4.69) is 31.9 Å². The summed E-state index contributed by atoms with van der Waals surface area (Å²) in [5.74, 6) is -1.96. The molecule has 1 atom stereocenters. The van der Waals surface area contributed by atoms with Crippen LogP contribution in [0, 0.1) is 11.7 Å². The summed E-state index contributed by atoms with van der Waals surface area (Å²) in [6, 6.07) is 12.2. The smallest absolute Gasteiger partial charge is 0.307 e. The van der Waals surface area contributed by atoms with Gasteiger partial charge >= 0.3 is 5.97 Å². The fraction of sp³-hybridized carbons (Fsp3) is 0.188. The van der Waals surface area contributed by atoms with Crippen molar-refractivity contribution in [3.05, 3.63) is 68.4 Å². The third-order valence-corrected chi connectivity index (χ3v) is 4.19. The Morgan fingerprint density at radius 3 is 2.43 bits per heavy atom. The van der Waals surface area contributed by atoms with Gasteiger partial charge in [0.05, 0.1) is 5.92 Å². The van der Waals surface area contributed by atoms with E-state index in [-0.39, 0.29) is 12.2 Å². The molecule has 1 N–H and O–H groups in total. The Morgan fingerprint density at radius 1 is 1.10 bits per heavy atom. The summed E-state index contributed by atoms with van der Waals surface area (Å²) in [6.45, 7) is 0. The van der Waals surface area contributed by atoms with Gasteiger partial charge in [0.15, 0.2) is 0 Å². The molecule has 0 amide bonds. The average molecular weight is 416 g/mol. The highest BCUT2D eigenvalue weighted by molar-refractivity contribution is 9.10. The van der Waals surface area contributed by atoms with Gasteiger partial charge in [-0.25, -0.2) is 4.39 Å². The normalized spacial score (nSPS) is 12.1. The molecule has 0 fully saturated rings. The summed E-state index contributed by atoms with van der Waals surface area (Å²) >= 11 is 6.55. The van der Waals surface area contributed by atoms with Crippen molar-refractivity contribution in [1.29, 1.82) is 0 Å². The van der Waals surface area contributed by atoms with Crippen molar-refractivity contribution in [1.82, 2.24) is 0 Å². The van der Waals surface area contributed by atoms with Crippen LogP contribution in [0.5, 0.6) is 0 Å². The maximum Gasteiger partial charge on any atom is 0.307 e. The van der Waals surface area contributed by atoms with Gasteiger partial charge in [-0.05, 0) is 48.2 Å². The van der Waals surface area contributed by atoms with Crippen LogP contribution in [0.4, 0.5) is 4.39 Å². The van der Waals surface area contributed by atoms with E-state index in [9.17, 15) is 14.3 Å². The van der Waals surface area contributed by atoms with Crippen molar-refractivity contribution in [2.75, 3.05) is 0 Å². The number of rotatable bonds is 5. The molecule has 2 aromatic carbocycles. The van der Waals surface area contributed by atoms with Gasteiger partial charge in [0.2, 0.25) is 0 Å². The number of aliphatic carboxylic acids is 1. The van der Waals surface area contributed by atoms with Gasteiger partial charge in [-0.3, -0.25) is 4.79 Å². The zero-order chi connectivity index (χ0) is 15.4. The molecule has 2 nitrogen and oxygen atoms in total. The molecule has 2 aromatic rings. The number of hydrogen-bond acceptors (Lipinski definition) is 1. The van der Waals surface area contributed by atoms with Gasteiger partial charge in [0, 0.05) is 8.95 Å². The van der Waals surface area contributed by atoms with Gasteiger partial charge in [0.25, 0.3) is 0 Å². The standard InChI is InChI=1S/C16H13Br2FO2/c17-13-3-1-2-10(7-13)6-12(16(20)21)8-11-4-5-14(18)9-15(11)19/h1-5,7,9,12H,6,8H2,(H,20,21). The summed E-state index contributed by atoms with van der Waals surface area (Å²) in [4.78, 5) is 11.4. The Morgan fingerprint density at radius 2 is 1.81 bits per heavy atom. The Kier molecular flexibility index (Phi) is 5.53. The van der Waals surface area contributed by atoms with Gasteiger partial charge in [-0.15, -0.1) is 0 Å². The lowest BCUT2D eigenvalue weighted by atomic mass is 9.92. The quantitative estimate of drug-likeness (QED) is 0.758. The van der Waals surface area contributed by atoms with Crippen molar-refractivity contribution in [3.63, 3.8) is 0 Å². The zero-order valence-corrected chi connectivity index (χ0v) is 14.2. The first-order valence-electron chi connectivity index (χ1n) is 6.37. The summed E-state index contributed by atoms with van der Waals surface area (Å²) in [5.41, 5.74) is 1.33. The predicted octanol–water partition coefficient (Wildman–Crippen LogP) is 4.84. The second-order valence-corrected chi connectivity index (χ2v) is 6.64. The molecule has 1 unspecified atom stereocenters. The SMILES string of the molecule is O=C(O)C(Cc1cccc(Br)c1)Cc1ccc(Br)cc1F. The molecule has 0 bridgehead atoms. The van der Waals surface area contributed by atoms with Crippen molar-refractivity contribution in [3.8, 4) is 0 Å². The Bertz CT molecular complexity index is 658. The van der Waals surface area contributed by atoms with E-state index in [4.69, 9.17) is 0 Å². The fourth-order valence-corrected chi connectivity index (χ4v) is 2.93. The lowest BCUT2D eigenvalue weighted by molar-refractivity contribution is -0.141. The minimum absolute atomic E-state index is 0.168. The van der Waals surface area contributed by atoms with Crippen LogP contribution >= 0.6 is 31.9 Å². The van der Waals surface area contributed by atoms with Gasteiger partial charge < -0.3 is 5.11 Å². The first-order valence-corrected chi connectivity index (χ1v) is 7.95. The minimum atomic E-state index is -0.919. The van der Waals surface area contributed by atoms with Crippen LogP contribution in [0.25, 0.3) is 0 Å². The van der Waals surface area contributed by atoms with Crippen LogP contribution in [0.3, 0.4) is 0 Å². The molecule has 5 heteroatoms. The highest BCUT2D eigenvalue weighted by Gasteiger charge is 2.20. The third-order valence-electron chi connectivity index (χ3n) is 3.20. The van der Waals surface area contributed by atoms with Gasteiger partial charge in [-0.1, -0.05) is 50.1 Å². The molecule has 2 rings (SSSR count). The van der Waals surface area contributed by atoms with Crippen LogP contribution in [0.15, 0.2) is 51.4 Å². The summed E-state index contributed by atoms with van der Waals surface area (Å²) in [5, 5.41) is 9.37. The molecule has 0 aromatic heterocycles. The molecule has 0 aliphatic carbocycles. The second kappa shape index (κ2) is 7.18. The summed E-state index contributed by atoms with van der Waals surface area (Å²) in [6.07, 6.45) is 0.533. The Hall–Kier alpha value is -1.20. The molecule has 0 aliphatic heterocycles. The third kappa shape index (κ3) is 4.64. The molecular formula is C16H13Br2FO2. The van der Waals surface area contributed by atoms with Crippen molar-refractivity contribution in [2.24, 2.45) is 5.92 Å². The highest BCUT2D eigenvalue weighted by atomic mass is 79.9. The molecule has 0 heterocycles. The van der Waals surface area contributed by atoms with Crippen LogP contribution in [-0.4, -0.2) is 11.1 Å². The van der Waals surface area contributed by atoms with E-state index in [1.165, 1.54) is 6.07 Å².